The molecule has 1 fully saturated rings. The number of halogens is 3. The zero-order valence-corrected chi connectivity index (χ0v) is 17.8. The van der Waals surface area contributed by atoms with Crippen molar-refractivity contribution in [2.45, 2.75) is 6.92 Å². The van der Waals surface area contributed by atoms with Crippen LogP contribution in [0.2, 0.25) is 15.1 Å². The Morgan fingerprint density at radius 2 is 1.68 bits per heavy atom. The lowest BCUT2D eigenvalue weighted by Crippen LogP contribution is -2.50. The minimum atomic E-state index is -0.228. The number of aromatic nitrogens is 1. The van der Waals surface area contributed by atoms with Crippen LogP contribution in [0.15, 0.2) is 22.7 Å². The number of hydrogen-bond acceptors (Lipinski definition) is 5. The van der Waals surface area contributed by atoms with Crippen LogP contribution in [-0.4, -0.2) is 52.9 Å². The second-order valence-electron chi connectivity index (χ2n) is 6.42. The van der Waals surface area contributed by atoms with Crippen molar-refractivity contribution in [1.82, 2.24) is 15.0 Å². The van der Waals surface area contributed by atoms with Crippen molar-refractivity contribution >= 4 is 68.0 Å². The maximum absolute atomic E-state index is 13.0. The molecule has 0 spiro atoms. The average Bonchev–Trinajstić information content (AvgIpc) is 3.24. The Hall–Kier alpha value is -1.80. The molecule has 2 aromatic heterocycles. The van der Waals surface area contributed by atoms with Gasteiger partial charge in [0.05, 0.1) is 15.7 Å². The number of hydrogen-bond donors (Lipinski definition) is 0. The van der Waals surface area contributed by atoms with E-state index in [1.165, 1.54) is 11.3 Å². The highest BCUT2D eigenvalue weighted by Gasteiger charge is 2.29. The van der Waals surface area contributed by atoms with Crippen LogP contribution in [0.5, 0.6) is 0 Å². The molecular formula is C18H14Cl3N3O3S. The van der Waals surface area contributed by atoms with Gasteiger partial charge in [-0.05, 0) is 19.1 Å². The largest absolute Gasteiger partial charge is 0.351 e. The first kappa shape index (κ1) is 19.5. The van der Waals surface area contributed by atoms with Gasteiger partial charge < -0.3 is 14.3 Å². The number of fused-ring (bicyclic) bond motifs is 1. The van der Waals surface area contributed by atoms with E-state index in [0.29, 0.717) is 57.2 Å². The third-order valence-corrected chi connectivity index (χ3v) is 6.67. The molecule has 28 heavy (non-hydrogen) atoms. The normalized spacial score (nSPS) is 14.7. The predicted molar refractivity (Wildman–Crippen MR) is 110 cm³/mol. The van der Waals surface area contributed by atoms with E-state index in [1.54, 1.807) is 34.9 Å². The first-order valence-electron chi connectivity index (χ1n) is 8.44. The monoisotopic (exact) mass is 457 g/mol. The van der Waals surface area contributed by atoms with Crippen molar-refractivity contribution < 1.29 is 14.1 Å². The molecule has 1 aliphatic heterocycles. The standard InChI is InChI=1S/C18H14Cl3N3O3S/c1-9-6-12(27-22-9)17(25)23-2-4-24(5-3-23)18(26)16-15(21)14-11(20)7-10(19)8-13(14)28-16/h6-8H,2-5H2,1H3. The van der Waals surface area contributed by atoms with Crippen LogP contribution in [0, 0.1) is 6.92 Å². The molecule has 0 N–H and O–H groups in total. The molecule has 0 saturated carbocycles. The molecule has 146 valence electrons. The maximum Gasteiger partial charge on any atom is 0.292 e. The van der Waals surface area contributed by atoms with Crippen molar-refractivity contribution in [3.05, 3.63) is 49.6 Å². The molecule has 1 aliphatic rings. The summed E-state index contributed by atoms with van der Waals surface area (Å²) in [6.07, 6.45) is 0. The Morgan fingerprint density at radius 1 is 1.04 bits per heavy atom. The summed E-state index contributed by atoms with van der Waals surface area (Å²) in [6, 6.07) is 4.95. The molecule has 0 radical (unpaired) electrons. The van der Waals surface area contributed by atoms with E-state index in [4.69, 9.17) is 39.3 Å². The molecular weight excluding hydrogens is 445 g/mol. The van der Waals surface area contributed by atoms with Gasteiger partial charge in [-0.25, -0.2) is 0 Å². The summed E-state index contributed by atoms with van der Waals surface area (Å²) in [6.45, 7) is 3.36. The van der Waals surface area contributed by atoms with E-state index in [-0.39, 0.29) is 17.6 Å². The highest BCUT2D eigenvalue weighted by atomic mass is 35.5. The fourth-order valence-electron chi connectivity index (χ4n) is 3.13. The van der Waals surface area contributed by atoms with E-state index in [0.717, 1.165) is 4.70 Å². The topological polar surface area (TPSA) is 66.7 Å². The summed E-state index contributed by atoms with van der Waals surface area (Å²) in [4.78, 5) is 29.2. The van der Waals surface area contributed by atoms with Crippen molar-refractivity contribution in [3.8, 4) is 0 Å². The Kier molecular flexibility index (Phi) is 5.26. The van der Waals surface area contributed by atoms with Crippen molar-refractivity contribution in [2.75, 3.05) is 26.2 Å². The zero-order valence-electron chi connectivity index (χ0n) is 14.7. The molecule has 0 unspecified atom stereocenters. The van der Waals surface area contributed by atoms with E-state index in [1.807, 2.05) is 0 Å². The minimum absolute atomic E-state index is 0.180. The Bertz CT molecular complexity index is 1090. The molecule has 1 aromatic carbocycles. The van der Waals surface area contributed by atoms with Crippen LogP contribution < -0.4 is 0 Å². The quantitative estimate of drug-likeness (QED) is 0.555. The number of thiophene rings is 1. The van der Waals surface area contributed by atoms with Crippen LogP contribution in [0.1, 0.15) is 25.9 Å². The summed E-state index contributed by atoms with van der Waals surface area (Å²) < 4.78 is 5.80. The van der Waals surface area contributed by atoms with Gasteiger partial charge in [-0.1, -0.05) is 40.0 Å². The van der Waals surface area contributed by atoms with Gasteiger partial charge in [0.2, 0.25) is 5.76 Å². The van der Waals surface area contributed by atoms with Gasteiger partial charge in [0, 0.05) is 47.4 Å². The van der Waals surface area contributed by atoms with Gasteiger partial charge in [-0.3, -0.25) is 9.59 Å². The lowest BCUT2D eigenvalue weighted by molar-refractivity contribution is 0.0515. The van der Waals surface area contributed by atoms with Crippen molar-refractivity contribution in [3.63, 3.8) is 0 Å². The molecule has 4 rings (SSSR count). The first-order valence-corrected chi connectivity index (χ1v) is 10.4. The third kappa shape index (κ3) is 3.48. The fourth-order valence-corrected chi connectivity index (χ4v) is 5.47. The fraction of sp³-hybridized carbons (Fsp3) is 0.278. The summed E-state index contributed by atoms with van der Waals surface area (Å²) in [7, 11) is 0. The lowest BCUT2D eigenvalue weighted by atomic mass is 10.2. The Balaban J connectivity index is 1.50. The minimum Gasteiger partial charge on any atom is -0.351 e. The molecule has 0 aliphatic carbocycles. The number of amides is 2. The van der Waals surface area contributed by atoms with Crippen molar-refractivity contribution in [2.24, 2.45) is 0 Å². The molecule has 2 amide bonds. The Labute approximate surface area is 179 Å². The number of piperazine rings is 1. The molecule has 0 atom stereocenters. The number of nitrogens with zero attached hydrogens (tertiary/aromatic N) is 3. The van der Waals surface area contributed by atoms with Crippen LogP contribution in [0.4, 0.5) is 0 Å². The van der Waals surface area contributed by atoms with Crippen LogP contribution in [0.3, 0.4) is 0 Å². The second-order valence-corrected chi connectivity index (χ2v) is 8.70. The summed E-state index contributed by atoms with van der Waals surface area (Å²) >= 11 is 20.0. The van der Waals surface area contributed by atoms with Gasteiger partial charge >= 0.3 is 0 Å². The molecule has 0 bridgehead atoms. The number of benzene rings is 1. The number of carbonyl (C=O) groups is 2. The van der Waals surface area contributed by atoms with E-state index >= 15 is 0 Å². The van der Waals surface area contributed by atoms with E-state index in [2.05, 4.69) is 5.16 Å². The van der Waals surface area contributed by atoms with E-state index in [9.17, 15) is 9.59 Å². The first-order chi connectivity index (χ1) is 13.3. The van der Waals surface area contributed by atoms with Gasteiger partial charge in [0.1, 0.15) is 4.88 Å². The molecule has 10 heteroatoms. The van der Waals surface area contributed by atoms with Gasteiger partial charge in [-0.15, -0.1) is 11.3 Å². The predicted octanol–water partition coefficient (Wildman–Crippen LogP) is 4.76. The van der Waals surface area contributed by atoms with Crippen LogP contribution in [-0.2, 0) is 0 Å². The van der Waals surface area contributed by atoms with Crippen LogP contribution in [0.25, 0.3) is 10.1 Å². The maximum atomic E-state index is 13.0. The summed E-state index contributed by atoms with van der Waals surface area (Å²) in [5.74, 6) is -0.202. The summed E-state index contributed by atoms with van der Waals surface area (Å²) in [5, 5.41) is 5.62. The smallest absolute Gasteiger partial charge is 0.292 e. The van der Waals surface area contributed by atoms with Crippen molar-refractivity contribution in [1.29, 1.82) is 0 Å². The molecule has 1 saturated heterocycles. The molecule has 3 heterocycles. The highest BCUT2D eigenvalue weighted by Crippen LogP contribution is 2.41. The third-order valence-electron chi connectivity index (χ3n) is 4.54. The summed E-state index contributed by atoms with van der Waals surface area (Å²) in [5.41, 5.74) is 0.648. The lowest BCUT2D eigenvalue weighted by Gasteiger charge is -2.34. The van der Waals surface area contributed by atoms with Gasteiger partial charge in [0.15, 0.2) is 0 Å². The number of aryl methyl sites for hydroxylation is 1. The zero-order chi connectivity index (χ0) is 20.0. The van der Waals surface area contributed by atoms with Gasteiger partial charge in [0.25, 0.3) is 11.8 Å². The number of rotatable bonds is 2. The van der Waals surface area contributed by atoms with E-state index < -0.39 is 0 Å². The number of carbonyl (C=O) groups excluding carboxylic acids is 2. The van der Waals surface area contributed by atoms with Crippen LogP contribution >= 0.6 is 46.1 Å². The average molecular weight is 459 g/mol. The highest BCUT2D eigenvalue weighted by molar-refractivity contribution is 7.21. The second kappa shape index (κ2) is 7.55. The van der Waals surface area contributed by atoms with Gasteiger partial charge in [-0.2, -0.15) is 0 Å². The Morgan fingerprint density at radius 3 is 2.29 bits per heavy atom. The molecule has 3 aromatic rings. The molecule has 6 nitrogen and oxygen atoms in total. The SMILES string of the molecule is Cc1cc(C(=O)N2CCN(C(=O)c3sc4cc(Cl)cc(Cl)c4c3Cl)CC2)on1.